The maximum absolute atomic E-state index is 12.9. The number of fused-ring (bicyclic) bond motifs is 1. The van der Waals surface area contributed by atoms with Gasteiger partial charge in [0.25, 0.3) is 5.88 Å². The number of rotatable bonds is 7. The monoisotopic (exact) mass is 471 g/mol. The first-order valence-corrected chi connectivity index (χ1v) is 11.6. The number of piperidine rings is 1. The van der Waals surface area contributed by atoms with E-state index in [1.807, 2.05) is 36.1 Å². The number of hydrogen-bond donors (Lipinski definition) is 2. The summed E-state index contributed by atoms with van der Waals surface area (Å²) in [5.41, 5.74) is 2.01. The van der Waals surface area contributed by atoms with E-state index in [1.165, 1.54) is 6.20 Å². The van der Waals surface area contributed by atoms with Crippen LogP contribution in [0.25, 0.3) is 11.0 Å². The fourth-order valence-electron chi connectivity index (χ4n) is 4.68. The number of carbonyl (C=O) groups is 2. The van der Waals surface area contributed by atoms with Crippen LogP contribution in [0.3, 0.4) is 0 Å². The minimum absolute atomic E-state index is 0.191. The lowest BCUT2D eigenvalue weighted by molar-refractivity contribution is -0.143. The van der Waals surface area contributed by atoms with Crippen LogP contribution in [0.2, 0.25) is 0 Å². The van der Waals surface area contributed by atoms with E-state index in [0.717, 1.165) is 17.5 Å². The molecule has 1 saturated heterocycles. The van der Waals surface area contributed by atoms with Crippen molar-refractivity contribution in [3.05, 3.63) is 72.3 Å². The molecule has 2 N–H and O–H groups in total. The van der Waals surface area contributed by atoms with Crippen molar-refractivity contribution in [2.24, 2.45) is 5.92 Å². The van der Waals surface area contributed by atoms with Gasteiger partial charge in [-0.2, -0.15) is 0 Å². The lowest BCUT2D eigenvalue weighted by Gasteiger charge is -2.40. The van der Waals surface area contributed by atoms with Gasteiger partial charge in [0.1, 0.15) is 5.75 Å². The van der Waals surface area contributed by atoms with Crippen LogP contribution >= 0.6 is 0 Å². The van der Waals surface area contributed by atoms with Gasteiger partial charge in [-0.05, 0) is 55.7 Å². The molecule has 1 aliphatic heterocycles. The number of benzene rings is 2. The van der Waals surface area contributed by atoms with Crippen molar-refractivity contribution in [1.82, 2.24) is 19.9 Å². The third-order valence-electron chi connectivity index (χ3n) is 6.37. The summed E-state index contributed by atoms with van der Waals surface area (Å²) in [6, 6.07) is 14.0. The van der Waals surface area contributed by atoms with Crippen molar-refractivity contribution >= 4 is 28.6 Å². The van der Waals surface area contributed by atoms with Gasteiger partial charge in [-0.15, -0.1) is 0 Å². The van der Waals surface area contributed by atoms with Crippen LogP contribution < -0.4 is 9.64 Å². The number of nitrogens with zero attached hydrogens (tertiary/aromatic N) is 4. The number of carboxylic acids is 1. The lowest BCUT2D eigenvalue weighted by atomic mass is 9.87. The van der Waals surface area contributed by atoms with Gasteiger partial charge in [0.2, 0.25) is 5.78 Å². The van der Waals surface area contributed by atoms with Gasteiger partial charge in [-0.1, -0.05) is 19.1 Å². The number of aromatic amines is 1. The number of H-pyrrole nitrogens is 1. The number of aliphatic carboxylic acids is 1. The average Bonchev–Trinajstić information content (AvgIpc) is 3.33. The molecule has 9 nitrogen and oxygen atoms in total. The Kier molecular flexibility index (Phi) is 6.13. The van der Waals surface area contributed by atoms with Crippen LogP contribution in [0, 0.1) is 5.92 Å². The van der Waals surface area contributed by atoms with Crippen molar-refractivity contribution in [1.29, 1.82) is 0 Å². The molecule has 0 saturated carbocycles. The number of aromatic nitrogens is 4. The molecule has 0 radical (unpaired) electrons. The first-order chi connectivity index (χ1) is 17.0. The molecule has 0 spiro atoms. The highest BCUT2D eigenvalue weighted by Crippen LogP contribution is 2.35. The van der Waals surface area contributed by atoms with Gasteiger partial charge >= 0.3 is 5.97 Å². The van der Waals surface area contributed by atoms with Gasteiger partial charge in [0.05, 0.1) is 17.0 Å². The maximum atomic E-state index is 12.9. The predicted octanol–water partition coefficient (Wildman–Crippen LogP) is 4.46. The summed E-state index contributed by atoms with van der Waals surface area (Å²) in [7, 11) is 0. The zero-order valence-corrected chi connectivity index (χ0v) is 19.2. The summed E-state index contributed by atoms with van der Waals surface area (Å²) in [6.07, 6.45) is 5.18. The molecule has 0 bridgehead atoms. The standard InChI is InChI=1S/C26H25N5O4/c1-2-21-18(26(33)34)6-5-15-31(21)24-25(28-14-13-27-24)35-17-11-9-16(10-12-17)22(32)23-29-19-7-3-4-8-20(19)30-23/h3-4,7-14,18,21H,2,5-6,15H2,1H3,(H,29,30)(H,33,34)/t18?,21-/m0/s1. The number of anilines is 1. The SMILES string of the molecule is CC[C@H]1C(C(=O)O)CCCN1c1nccnc1Oc1ccc(C(=O)c2nc3ccccc3[nH]2)cc1. The van der Waals surface area contributed by atoms with E-state index in [2.05, 4.69) is 19.9 Å². The first-order valence-electron chi connectivity index (χ1n) is 11.6. The Labute approximate surface area is 201 Å². The fourth-order valence-corrected chi connectivity index (χ4v) is 4.68. The number of carboxylic acid groups (broad SMARTS) is 1. The number of ether oxygens (including phenoxy) is 1. The zero-order chi connectivity index (χ0) is 24.4. The summed E-state index contributed by atoms with van der Waals surface area (Å²) in [6.45, 7) is 2.66. The lowest BCUT2D eigenvalue weighted by Crippen LogP contribution is -2.48. The van der Waals surface area contributed by atoms with E-state index in [1.54, 1.807) is 30.5 Å². The zero-order valence-electron chi connectivity index (χ0n) is 19.2. The van der Waals surface area contributed by atoms with Crippen LogP contribution in [-0.4, -0.2) is 49.4 Å². The molecule has 35 heavy (non-hydrogen) atoms. The molecule has 4 aromatic rings. The molecule has 0 amide bonds. The van der Waals surface area contributed by atoms with Gasteiger partial charge in [0, 0.05) is 30.5 Å². The number of para-hydroxylation sites is 2. The first kappa shape index (κ1) is 22.5. The molecule has 9 heteroatoms. The summed E-state index contributed by atoms with van der Waals surface area (Å²) in [5, 5.41) is 9.68. The molecule has 0 aliphatic carbocycles. The van der Waals surface area contributed by atoms with Gasteiger partial charge in [-0.3, -0.25) is 9.59 Å². The largest absolute Gasteiger partial charge is 0.481 e. The van der Waals surface area contributed by atoms with Crippen LogP contribution in [0.4, 0.5) is 5.82 Å². The van der Waals surface area contributed by atoms with Gasteiger partial charge in [0.15, 0.2) is 11.6 Å². The molecule has 2 atom stereocenters. The summed E-state index contributed by atoms with van der Waals surface area (Å²) in [4.78, 5) is 42.9. The van der Waals surface area contributed by atoms with Crippen molar-refractivity contribution in [3.8, 4) is 11.6 Å². The third-order valence-corrected chi connectivity index (χ3v) is 6.37. The van der Waals surface area contributed by atoms with Crippen LogP contribution in [0.1, 0.15) is 42.4 Å². The summed E-state index contributed by atoms with van der Waals surface area (Å²) >= 11 is 0. The topological polar surface area (TPSA) is 121 Å². The molecule has 5 rings (SSSR count). The Hall–Kier alpha value is -4.27. The maximum Gasteiger partial charge on any atom is 0.308 e. The highest BCUT2D eigenvalue weighted by molar-refractivity contribution is 6.08. The fraction of sp³-hybridized carbons (Fsp3) is 0.269. The molecular formula is C26H25N5O4. The Morgan fingerprint density at radius 1 is 1.11 bits per heavy atom. The Morgan fingerprint density at radius 3 is 2.63 bits per heavy atom. The number of hydrogen-bond acceptors (Lipinski definition) is 7. The average molecular weight is 472 g/mol. The smallest absolute Gasteiger partial charge is 0.308 e. The molecule has 1 aliphatic rings. The quantitative estimate of drug-likeness (QED) is 0.379. The highest BCUT2D eigenvalue weighted by atomic mass is 16.5. The molecule has 2 aromatic heterocycles. The molecule has 3 heterocycles. The van der Waals surface area contributed by atoms with E-state index in [9.17, 15) is 14.7 Å². The van der Waals surface area contributed by atoms with Crippen LogP contribution in [0.5, 0.6) is 11.6 Å². The minimum Gasteiger partial charge on any atom is -0.481 e. The van der Waals surface area contributed by atoms with Crippen LogP contribution in [-0.2, 0) is 4.79 Å². The number of nitrogens with one attached hydrogen (secondary N) is 1. The second-order valence-corrected chi connectivity index (χ2v) is 8.50. The number of ketones is 1. The summed E-state index contributed by atoms with van der Waals surface area (Å²) in [5.74, 6) is 0.116. The normalized spacial score (nSPS) is 17.9. The van der Waals surface area contributed by atoms with Crippen molar-refractivity contribution in [2.75, 3.05) is 11.4 Å². The van der Waals surface area contributed by atoms with Crippen molar-refractivity contribution in [2.45, 2.75) is 32.2 Å². The molecule has 1 unspecified atom stereocenters. The second kappa shape index (κ2) is 9.54. The van der Waals surface area contributed by atoms with Crippen LogP contribution in [0.15, 0.2) is 60.9 Å². The van der Waals surface area contributed by atoms with Crippen molar-refractivity contribution in [3.63, 3.8) is 0 Å². The van der Waals surface area contributed by atoms with E-state index in [-0.39, 0.29) is 17.6 Å². The van der Waals surface area contributed by atoms with Gasteiger partial charge in [-0.25, -0.2) is 15.0 Å². The van der Waals surface area contributed by atoms with Crippen molar-refractivity contribution < 1.29 is 19.4 Å². The Bertz CT molecular complexity index is 1330. The number of carbonyl (C=O) groups excluding carboxylic acids is 1. The van der Waals surface area contributed by atoms with E-state index in [0.29, 0.717) is 42.4 Å². The Balaban J connectivity index is 1.37. The molecule has 178 valence electrons. The summed E-state index contributed by atoms with van der Waals surface area (Å²) < 4.78 is 6.04. The van der Waals surface area contributed by atoms with Gasteiger partial charge < -0.3 is 19.7 Å². The second-order valence-electron chi connectivity index (χ2n) is 8.50. The van der Waals surface area contributed by atoms with E-state index in [4.69, 9.17) is 4.74 Å². The third kappa shape index (κ3) is 4.44. The molecule has 2 aromatic carbocycles. The van der Waals surface area contributed by atoms with E-state index < -0.39 is 11.9 Å². The van der Waals surface area contributed by atoms with E-state index >= 15 is 0 Å². The molecule has 1 fully saturated rings. The predicted molar refractivity (Wildman–Crippen MR) is 130 cm³/mol. The number of imidazole rings is 1. The molecular weight excluding hydrogens is 446 g/mol. The highest BCUT2D eigenvalue weighted by Gasteiger charge is 2.37. The minimum atomic E-state index is -0.794. The Morgan fingerprint density at radius 2 is 1.89 bits per heavy atom.